The second kappa shape index (κ2) is 5.27. The molecule has 0 aromatic carbocycles. The molecule has 0 bridgehead atoms. The number of thioether (sulfide) groups is 1. The third-order valence-corrected chi connectivity index (χ3v) is 4.72. The molecule has 2 aliphatic rings. The van der Waals surface area contributed by atoms with Gasteiger partial charge in [0.1, 0.15) is 5.82 Å². The highest BCUT2D eigenvalue weighted by molar-refractivity contribution is 7.98. The van der Waals surface area contributed by atoms with Crippen LogP contribution in [0.1, 0.15) is 49.2 Å². The van der Waals surface area contributed by atoms with Crippen molar-refractivity contribution < 1.29 is 0 Å². The van der Waals surface area contributed by atoms with Crippen molar-refractivity contribution in [1.29, 1.82) is 0 Å². The van der Waals surface area contributed by atoms with Gasteiger partial charge in [0.2, 0.25) is 0 Å². The Labute approximate surface area is 126 Å². The average Bonchev–Trinajstić information content (AvgIpc) is 3.44. The van der Waals surface area contributed by atoms with E-state index in [1.54, 1.807) is 24.2 Å². The van der Waals surface area contributed by atoms with Crippen molar-refractivity contribution in [3.8, 4) is 0 Å². The number of hydrogen-bond acceptors (Lipinski definition) is 7. The van der Waals surface area contributed by atoms with Crippen LogP contribution in [0.4, 0.5) is 5.82 Å². The summed E-state index contributed by atoms with van der Waals surface area (Å²) in [5.41, 5.74) is 3.39. The quantitative estimate of drug-likeness (QED) is 0.478. The summed E-state index contributed by atoms with van der Waals surface area (Å²) in [7, 11) is 0. The Hall–Kier alpha value is -1.67. The lowest BCUT2D eigenvalue weighted by Crippen LogP contribution is -2.09. The van der Waals surface area contributed by atoms with Crippen molar-refractivity contribution >= 4 is 17.6 Å². The largest absolute Gasteiger partial charge is 0.307 e. The minimum Gasteiger partial charge on any atom is -0.307 e. The van der Waals surface area contributed by atoms with Gasteiger partial charge in [0.25, 0.3) is 0 Å². The standard InChI is InChI=1S/C13H17N7S/c14-17-11-6-15-9(5-16-11)7-21-13-19-18-12(8-1-2-8)20(13)10-3-4-10/h5-6,8,10H,1-4,7,14H2,(H,16,17). The van der Waals surface area contributed by atoms with Crippen LogP contribution in [-0.4, -0.2) is 24.7 Å². The van der Waals surface area contributed by atoms with Crippen LogP contribution in [0, 0.1) is 0 Å². The molecule has 0 saturated heterocycles. The minimum atomic E-state index is 0.570. The maximum Gasteiger partial charge on any atom is 0.191 e. The van der Waals surface area contributed by atoms with Gasteiger partial charge in [0, 0.05) is 17.7 Å². The molecule has 7 nitrogen and oxygen atoms in total. The molecule has 2 aromatic rings. The van der Waals surface area contributed by atoms with Crippen LogP contribution in [-0.2, 0) is 5.75 Å². The van der Waals surface area contributed by atoms with E-state index in [-0.39, 0.29) is 0 Å². The molecule has 0 unspecified atom stereocenters. The highest BCUT2D eigenvalue weighted by atomic mass is 32.2. The Morgan fingerprint density at radius 3 is 2.67 bits per heavy atom. The van der Waals surface area contributed by atoms with Gasteiger partial charge in [-0.2, -0.15) is 0 Å². The van der Waals surface area contributed by atoms with Crippen LogP contribution in [0.25, 0.3) is 0 Å². The van der Waals surface area contributed by atoms with Crippen LogP contribution in [0.5, 0.6) is 0 Å². The maximum absolute atomic E-state index is 5.28. The smallest absolute Gasteiger partial charge is 0.191 e. The number of aromatic nitrogens is 5. The fourth-order valence-corrected chi connectivity index (χ4v) is 3.23. The normalized spacial score (nSPS) is 18.0. The monoisotopic (exact) mass is 303 g/mol. The molecule has 0 atom stereocenters. The van der Waals surface area contributed by atoms with Gasteiger partial charge in [-0.05, 0) is 25.7 Å². The predicted molar refractivity (Wildman–Crippen MR) is 79.7 cm³/mol. The first kappa shape index (κ1) is 13.0. The molecule has 0 amide bonds. The SMILES string of the molecule is NNc1cnc(CSc2nnc(C3CC3)n2C2CC2)cn1. The molecular formula is C13H17N7S. The number of nitrogen functional groups attached to an aromatic ring is 1. The predicted octanol–water partition coefficient (Wildman–Crippen LogP) is 1.86. The minimum absolute atomic E-state index is 0.570. The molecule has 21 heavy (non-hydrogen) atoms. The van der Waals surface area contributed by atoms with Crippen molar-refractivity contribution in [2.75, 3.05) is 5.43 Å². The molecule has 2 aromatic heterocycles. The van der Waals surface area contributed by atoms with Gasteiger partial charge >= 0.3 is 0 Å². The lowest BCUT2D eigenvalue weighted by atomic mass is 10.4. The van der Waals surface area contributed by atoms with Crippen LogP contribution in [0.15, 0.2) is 17.6 Å². The zero-order valence-electron chi connectivity index (χ0n) is 11.6. The van der Waals surface area contributed by atoms with Crippen molar-refractivity contribution in [3.05, 3.63) is 23.9 Å². The average molecular weight is 303 g/mol. The Bertz CT molecular complexity index is 630. The molecule has 2 fully saturated rings. The summed E-state index contributed by atoms with van der Waals surface area (Å²) >= 11 is 1.68. The Balaban J connectivity index is 1.48. The number of nitrogens with zero attached hydrogens (tertiary/aromatic N) is 5. The molecule has 3 N–H and O–H groups in total. The Kier molecular flexibility index (Phi) is 3.27. The number of nitrogens with two attached hydrogens (primary N) is 1. The van der Waals surface area contributed by atoms with Gasteiger partial charge in [0.15, 0.2) is 11.0 Å². The maximum atomic E-state index is 5.28. The molecule has 0 aliphatic heterocycles. The van der Waals surface area contributed by atoms with Crippen LogP contribution in [0.3, 0.4) is 0 Å². The number of anilines is 1. The second-order valence-electron chi connectivity index (χ2n) is 5.54. The first-order valence-corrected chi connectivity index (χ1v) is 8.19. The third kappa shape index (κ3) is 2.73. The van der Waals surface area contributed by atoms with Gasteiger partial charge in [-0.1, -0.05) is 11.8 Å². The second-order valence-corrected chi connectivity index (χ2v) is 6.48. The molecule has 0 spiro atoms. The van der Waals surface area contributed by atoms with Crippen molar-refractivity contribution in [2.45, 2.75) is 48.6 Å². The number of nitrogens with one attached hydrogen (secondary N) is 1. The van der Waals surface area contributed by atoms with Gasteiger partial charge in [0.05, 0.1) is 18.1 Å². The van der Waals surface area contributed by atoms with Gasteiger partial charge in [-0.3, -0.25) is 4.98 Å². The Morgan fingerprint density at radius 2 is 2.05 bits per heavy atom. The number of rotatable bonds is 6. The highest BCUT2D eigenvalue weighted by Crippen LogP contribution is 2.46. The van der Waals surface area contributed by atoms with Gasteiger partial charge < -0.3 is 9.99 Å². The fraction of sp³-hybridized carbons (Fsp3) is 0.538. The van der Waals surface area contributed by atoms with Crippen molar-refractivity contribution in [2.24, 2.45) is 5.84 Å². The summed E-state index contributed by atoms with van der Waals surface area (Å²) < 4.78 is 2.35. The van der Waals surface area contributed by atoms with E-state index < -0.39 is 0 Å². The van der Waals surface area contributed by atoms with E-state index in [1.165, 1.54) is 31.5 Å². The summed E-state index contributed by atoms with van der Waals surface area (Å²) in [6.07, 6.45) is 8.39. The summed E-state index contributed by atoms with van der Waals surface area (Å²) in [5.74, 6) is 8.43. The van der Waals surface area contributed by atoms with Gasteiger partial charge in [-0.25, -0.2) is 10.8 Å². The van der Waals surface area contributed by atoms with E-state index in [0.29, 0.717) is 17.8 Å². The summed E-state index contributed by atoms with van der Waals surface area (Å²) in [6.45, 7) is 0. The molecule has 2 aliphatic carbocycles. The molecule has 0 radical (unpaired) electrons. The summed E-state index contributed by atoms with van der Waals surface area (Å²) in [5, 5.41) is 9.81. The van der Waals surface area contributed by atoms with E-state index in [1.807, 2.05) is 0 Å². The van der Waals surface area contributed by atoms with E-state index in [2.05, 4.69) is 30.2 Å². The topological polar surface area (TPSA) is 94.5 Å². The lowest BCUT2D eigenvalue weighted by Gasteiger charge is -2.07. The molecule has 8 heteroatoms. The van der Waals surface area contributed by atoms with E-state index in [9.17, 15) is 0 Å². The molecular weight excluding hydrogens is 286 g/mol. The summed E-state index contributed by atoms with van der Waals surface area (Å²) in [4.78, 5) is 8.49. The number of hydrazine groups is 1. The van der Waals surface area contributed by atoms with E-state index >= 15 is 0 Å². The van der Waals surface area contributed by atoms with E-state index in [0.717, 1.165) is 16.6 Å². The molecule has 2 saturated carbocycles. The van der Waals surface area contributed by atoms with Crippen LogP contribution >= 0.6 is 11.8 Å². The molecule has 2 heterocycles. The fourth-order valence-electron chi connectivity index (χ4n) is 2.32. The zero-order chi connectivity index (χ0) is 14.2. The van der Waals surface area contributed by atoms with Crippen LogP contribution < -0.4 is 11.3 Å². The molecule has 4 rings (SSSR count). The lowest BCUT2D eigenvalue weighted by molar-refractivity contribution is 0.627. The van der Waals surface area contributed by atoms with Crippen LogP contribution in [0.2, 0.25) is 0 Å². The zero-order valence-corrected chi connectivity index (χ0v) is 12.4. The summed E-state index contributed by atoms with van der Waals surface area (Å²) in [6, 6.07) is 0.619. The first-order valence-electron chi connectivity index (χ1n) is 7.20. The van der Waals surface area contributed by atoms with Crippen molar-refractivity contribution in [3.63, 3.8) is 0 Å². The molecule has 110 valence electrons. The number of hydrogen-bond donors (Lipinski definition) is 2. The van der Waals surface area contributed by atoms with Crippen molar-refractivity contribution in [1.82, 2.24) is 24.7 Å². The third-order valence-electron chi connectivity index (χ3n) is 3.75. The first-order chi connectivity index (χ1) is 10.3. The van der Waals surface area contributed by atoms with E-state index in [4.69, 9.17) is 5.84 Å². The Morgan fingerprint density at radius 1 is 1.19 bits per heavy atom. The van der Waals surface area contributed by atoms with Gasteiger partial charge in [-0.15, -0.1) is 10.2 Å². The highest BCUT2D eigenvalue weighted by Gasteiger charge is 2.36.